The van der Waals surface area contributed by atoms with Crippen LogP contribution in [0.3, 0.4) is 0 Å². The van der Waals surface area contributed by atoms with Crippen LogP contribution < -0.4 is 4.74 Å². The molecular formula is C17H26N2O4. The topological polar surface area (TPSA) is 75.8 Å². The van der Waals surface area contributed by atoms with Gasteiger partial charge in [0.25, 0.3) is 0 Å². The molecule has 0 bridgehead atoms. The molecule has 1 aromatic rings. The number of hydrogen-bond acceptors (Lipinski definition) is 5. The molecule has 0 aliphatic carbocycles. The lowest BCUT2D eigenvalue weighted by Gasteiger charge is -2.35. The van der Waals surface area contributed by atoms with Gasteiger partial charge in [0.15, 0.2) is 5.75 Å². The van der Waals surface area contributed by atoms with Crippen LogP contribution in [0.1, 0.15) is 38.4 Å². The Hall–Kier alpha value is -1.66. The summed E-state index contributed by atoms with van der Waals surface area (Å²) in [6.07, 6.45) is 1.12. The number of benzene rings is 1. The molecule has 0 amide bonds. The van der Waals surface area contributed by atoms with Crippen LogP contribution in [0.4, 0.5) is 5.69 Å². The van der Waals surface area contributed by atoms with Crippen molar-refractivity contribution in [3.8, 4) is 5.75 Å². The standard InChI is InChI=1S/C17H26N2O4/c1-12-8-13(2)11-18(10-12)7-6-16(20)14-4-5-17(23-3)15(9-14)19(21)22/h4-5,9,12-13,16,20H,6-8,10-11H2,1-3H3. The van der Waals surface area contributed by atoms with Crippen LogP contribution in [0.25, 0.3) is 0 Å². The SMILES string of the molecule is COc1ccc(C(O)CCN2CC(C)CC(C)C2)cc1[N+](=O)[O-]. The van der Waals surface area contributed by atoms with Crippen LogP contribution >= 0.6 is 0 Å². The average molecular weight is 322 g/mol. The summed E-state index contributed by atoms with van der Waals surface area (Å²) in [5.41, 5.74) is 0.458. The van der Waals surface area contributed by atoms with E-state index in [0.29, 0.717) is 23.8 Å². The Balaban J connectivity index is 1.99. The van der Waals surface area contributed by atoms with Crippen LogP contribution in [-0.4, -0.2) is 41.7 Å². The number of rotatable bonds is 6. The minimum atomic E-state index is -0.702. The van der Waals surface area contributed by atoms with E-state index in [9.17, 15) is 15.2 Å². The number of nitro benzene ring substituents is 1. The zero-order valence-corrected chi connectivity index (χ0v) is 14.1. The molecule has 1 aliphatic rings. The van der Waals surface area contributed by atoms with Crippen LogP contribution in [0.5, 0.6) is 5.75 Å². The molecule has 6 heteroatoms. The lowest BCUT2D eigenvalue weighted by molar-refractivity contribution is -0.385. The fourth-order valence-electron chi connectivity index (χ4n) is 3.50. The van der Waals surface area contributed by atoms with Crippen LogP contribution in [0, 0.1) is 22.0 Å². The Morgan fingerprint density at radius 2 is 2.04 bits per heavy atom. The second-order valence-corrected chi connectivity index (χ2v) is 6.70. The number of likely N-dealkylation sites (tertiary alicyclic amines) is 1. The molecule has 0 radical (unpaired) electrons. The molecule has 0 aromatic heterocycles. The lowest BCUT2D eigenvalue weighted by atomic mass is 9.91. The number of nitrogens with zero attached hydrogens (tertiary/aromatic N) is 2. The summed E-state index contributed by atoms with van der Waals surface area (Å²) in [5, 5.41) is 21.4. The molecule has 1 saturated heterocycles. The molecular weight excluding hydrogens is 296 g/mol. The Bertz CT molecular complexity index is 539. The molecule has 1 heterocycles. The third-order valence-corrected chi connectivity index (χ3v) is 4.45. The summed E-state index contributed by atoms with van der Waals surface area (Å²) in [5.74, 6) is 1.57. The molecule has 3 unspecified atom stereocenters. The molecule has 128 valence electrons. The fourth-order valence-corrected chi connectivity index (χ4v) is 3.50. The number of aliphatic hydroxyl groups is 1. The predicted molar refractivity (Wildman–Crippen MR) is 88.6 cm³/mol. The van der Waals surface area contributed by atoms with Gasteiger partial charge in [-0.15, -0.1) is 0 Å². The Morgan fingerprint density at radius 3 is 2.61 bits per heavy atom. The van der Waals surface area contributed by atoms with E-state index < -0.39 is 11.0 Å². The molecule has 0 saturated carbocycles. The maximum absolute atomic E-state index is 11.1. The molecule has 1 aliphatic heterocycles. The van der Waals surface area contributed by atoms with Crippen LogP contribution in [0.2, 0.25) is 0 Å². The largest absolute Gasteiger partial charge is 0.490 e. The highest BCUT2D eigenvalue weighted by Gasteiger charge is 2.23. The van der Waals surface area contributed by atoms with Crippen molar-refractivity contribution < 1.29 is 14.8 Å². The third kappa shape index (κ3) is 4.65. The summed E-state index contributed by atoms with van der Waals surface area (Å²) in [7, 11) is 1.40. The smallest absolute Gasteiger partial charge is 0.311 e. The second-order valence-electron chi connectivity index (χ2n) is 6.70. The third-order valence-electron chi connectivity index (χ3n) is 4.45. The van der Waals surface area contributed by atoms with Gasteiger partial charge in [0.05, 0.1) is 18.1 Å². The van der Waals surface area contributed by atoms with Crippen molar-refractivity contribution in [2.75, 3.05) is 26.7 Å². The first-order valence-electron chi connectivity index (χ1n) is 8.13. The molecule has 1 fully saturated rings. The maximum atomic E-state index is 11.1. The normalized spacial score (nSPS) is 23.5. The van der Waals surface area contributed by atoms with Gasteiger partial charge in [0, 0.05) is 25.7 Å². The van der Waals surface area contributed by atoms with Gasteiger partial charge >= 0.3 is 5.69 Å². The summed E-state index contributed by atoms with van der Waals surface area (Å²) in [4.78, 5) is 13.0. The van der Waals surface area contributed by atoms with E-state index in [-0.39, 0.29) is 11.4 Å². The lowest BCUT2D eigenvalue weighted by Crippen LogP contribution is -2.39. The molecule has 1 N–H and O–H groups in total. The minimum absolute atomic E-state index is 0.107. The molecule has 6 nitrogen and oxygen atoms in total. The van der Waals surface area contributed by atoms with E-state index in [4.69, 9.17) is 4.74 Å². The number of ether oxygens (including phenoxy) is 1. The van der Waals surface area contributed by atoms with E-state index in [1.165, 1.54) is 19.6 Å². The van der Waals surface area contributed by atoms with E-state index in [1.807, 2.05) is 0 Å². The minimum Gasteiger partial charge on any atom is -0.490 e. The van der Waals surface area contributed by atoms with Gasteiger partial charge in [0.1, 0.15) is 0 Å². The van der Waals surface area contributed by atoms with Crippen molar-refractivity contribution in [3.05, 3.63) is 33.9 Å². The predicted octanol–water partition coefficient (Wildman–Crippen LogP) is 3.00. The van der Waals surface area contributed by atoms with Crippen molar-refractivity contribution >= 4 is 5.69 Å². The van der Waals surface area contributed by atoms with Crippen molar-refractivity contribution in [2.24, 2.45) is 11.8 Å². The van der Waals surface area contributed by atoms with Gasteiger partial charge in [-0.2, -0.15) is 0 Å². The highest BCUT2D eigenvalue weighted by Crippen LogP contribution is 2.31. The number of hydrogen-bond donors (Lipinski definition) is 1. The molecule has 2 rings (SSSR count). The van der Waals surface area contributed by atoms with Gasteiger partial charge in [-0.05, 0) is 36.3 Å². The number of aliphatic hydroxyl groups excluding tert-OH is 1. The quantitative estimate of drug-likeness (QED) is 0.643. The van der Waals surface area contributed by atoms with Crippen LogP contribution in [-0.2, 0) is 0 Å². The van der Waals surface area contributed by atoms with E-state index in [2.05, 4.69) is 18.7 Å². The Morgan fingerprint density at radius 1 is 1.39 bits per heavy atom. The second kappa shape index (κ2) is 7.75. The average Bonchev–Trinajstić information content (AvgIpc) is 2.51. The van der Waals surface area contributed by atoms with Crippen molar-refractivity contribution in [1.29, 1.82) is 0 Å². The number of nitro groups is 1. The first kappa shape index (κ1) is 17.7. The number of methoxy groups -OCH3 is 1. The maximum Gasteiger partial charge on any atom is 0.311 e. The Labute approximate surface area is 137 Å². The van der Waals surface area contributed by atoms with Gasteiger partial charge in [0.2, 0.25) is 0 Å². The molecule has 1 aromatic carbocycles. The monoisotopic (exact) mass is 322 g/mol. The number of piperidine rings is 1. The van der Waals surface area contributed by atoms with E-state index >= 15 is 0 Å². The van der Waals surface area contributed by atoms with E-state index in [1.54, 1.807) is 12.1 Å². The first-order chi connectivity index (χ1) is 10.9. The van der Waals surface area contributed by atoms with Crippen molar-refractivity contribution in [2.45, 2.75) is 32.8 Å². The highest BCUT2D eigenvalue weighted by atomic mass is 16.6. The van der Waals surface area contributed by atoms with Gasteiger partial charge in [-0.3, -0.25) is 10.1 Å². The summed E-state index contributed by atoms with van der Waals surface area (Å²) in [6, 6.07) is 4.64. The molecule has 23 heavy (non-hydrogen) atoms. The molecule has 0 spiro atoms. The van der Waals surface area contributed by atoms with Crippen molar-refractivity contribution in [3.63, 3.8) is 0 Å². The zero-order chi connectivity index (χ0) is 17.0. The van der Waals surface area contributed by atoms with Gasteiger partial charge in [-0.25, -0.2) is 0 Å². The zero-order valence-electron chi connectivity index (χ0n) is 14.1. The van der Waals surface area contributed by atoms with Crippen molar-refractivity contribution in [1.82, 2.24) is 4.90 Å². The highest BCUT2D eigenvalue weighted by molar-refractivity contribution is 5.49. The van der Waals surface area contributed by atoms with Gasteiger partial charge < -0.3 is 14.7 Å². The molecule has 3 atom stereocenters. The first-order valence-corrected chi connectivity index (χ1v) is 8.13. The summed E-state index contributed by atoms with van der Waals surface area (Å²) < 4.78 is 4.99. The van der Waals surface area contributed by atoms with Crippen LogP contribution in [0.15, 0.2) is 18.2 Å². The summed E-state index contributed by atoms with van der Waals surface area (Å²) in [6.45, 7) is 7.42. The van der Waals surface area contributed by atoms with Gasteiger partial charge in [-0.1, -0.05) is 19.9 Å². The van der Waals surface area contributed by atoms with E-state index in [0.717, 1.165) is 19.6 Å². The summed E-state index contributed by atoms with van der Waals surface area (Å²) >= 11 is 0. The Kier molecular flexibility index (Phi) is 5.96. The fraction of sp³-hybridized carbons (Fsp3) is 0.647.